The van der Waals surface area contributed by atoms with Gasteiger partial charge in [-0.2, -0.15) is 0 Å². The predicted octanol–water partition coefficient (Wildman–Crippen LogP) is 1.60. The molecule has 2 aliphatic rings. The van der Waals surface area contributed by atoms with Gasteiger partial charge in [-0.15, -0.1) is 0 Å². The Morgan fingerprint density at radius 1 is 1.30 bits per heavy atom. The Kier molecular flexibility index (Phi) is 4.15. The normalized spacial score (nSPS) is 30.6. The van der Waals surface area contributed by atoms with Gasteiger partial charge in [0.25, 0.3) is 0 Å². The first kappa shape index (κ1) is 15.7. The van der Waals surface area contributed by atoms with Gasteiger partial charge in [0.05, 0.1) is 18.8 Å². The van der Waals surface area contributed by atoms with E-state index in [1.807, 2.05) is 20.8 Å². The summed E-state index contributed by atoms with van der Waals surface area (Å²) in [6.07, 6.45) is 0.890. The zero-order valence-corrected chi connectivity index (χ0v) is 13.3. The SMILES string of the molecule is CC(C)(C)OC(=O)CN1CC(C)(C)OC2(CCOC2)C1. The number of nitrogens with zero attached hydrogens (tertiary/aromatic N) is 1. The second kappa shape index (κ2) is 5.28. The number of carbonyl (C=O) groups is 1. The first-order valence-electron chi connectivity index (χ1n) is 7.31. The standard InChI is InChI=1S/C15H27NO4/c1-13(2,3)19-12(17)8-16-9-14(4,5)20-15(10-16)6-7-18-11-15/h6-11H2,1-5H3. The van der Waals surface area contributed by atoms with Gasteiger partial charge in [0, 0.05) is 26.1 Å². The van der Waals surface area contributed by atoms with Crippen LogP contribution in [0.1, 0.15) is 41.0 Å². The zero-order chi connectivity index (χ0) is 15.0. The first-order valence-corrected chi connectivity index (χ1v) is 7.31. The molecule has 0 aromatic heterocycles. The highest BCUT2D eigenvalue weighted by Crippen LogP contribution is 2.34. The molecule has 1 atom stereocenters. The summed E-state index contributed by atoms with van der Waals surface area (Å²) in [5, 5.41) is 0. The second-order valence-corrected chi connectivity index (χ2v) is 7.58. The predicted molar refractivity (Wildman–Crippen MR) is 75.6 cm³/mol. The smallest absolute Gasteiger partial charge is 0.320 e. The van der Waals surface area contributed by atoms with Crippen molar-refractivity contribution < 1.29 is 19.0 Å². The third-order valence-electron chi connectivity index (χ3n) is 3.45. The lowest BCUT2D eigenvalue weighted by Crippen LogP contribution is -2.61. The van der Waals surface area contributed by atoms with E-state index in [9.17, 15) is 4.79 Å². The van der Waals surface area contributed by atoms with Crippen LogP contribution in [0, 0.1) is 0 Å². The van der Waals surface area contributed by atoms with Gasteiger partial charge in [-0.05, 0) is 34.6 Å². The van der Waals surface area contributed by atoms with Crippen molar-refractivity contribution in [3.63, 3.8) is 0 Å². The van der Waals surface area contributed by atoms with Crippen LogP contribution in [-0.2, 0) is 19.0 Å². The average Bonchev–Trinajstić information content (AvgIpc) is 2.58. The van der Waals surface area contributed by atoms with Gasteiger partial charge in [0.2, 0.25) is 0 Å². The molecule has 0 amide bonds. The van der Waals surface area contributed by atoms with Gasteiger partial charge in [0.15, 0.2) is 0 Å². The molecule has 2 aliphatic heterocycles. The Morgan fingerprint density at radius 2 is 2.00 bits per heavy atom. The van der Waals surface area contributed by atoms with Crippen LogP contribution in [0.25, 0.3) is 0 Å². The van der Waals surface area contributed by atoms with E-state index in [1.165, 1.54) is 0 Å². The van der Waals surface area contributed by atoms with Crippen molar-refractivity contribution in [3.8, 4) is 0 Å². The lowest BCUT2D eigenvalue weighted by atomic mass is 9.95. The third-order valence-corrected chi connectivity index (χ3v) is 3.45. The summed E-state index contributed by atoms with van der Waals surface area (Å²) in [5.41, 5.74) is -0.967. The number of carbonyl (C=O) groups excluding carboxylic acids is 1. The van der Waals surface area contributed by atoms with E-state index in [0.29, 0.717) is 13.2 Å². The van der Waals surface area contributed by atoms with E-state index in [4.69, 9.17) is 14.2 Å². The van der Waals surface area contributed by atoms with Gasteiger partial charge in [-0.3, -0.25) is 9.69 Å². The summed E-state index contributed by atoms with van der Waals surface area (Å²) in [6.45, 7) is 12.9. The minimum atomic E-state index is -0.437. The molecule has 0 N–H and O–H groups in total. The molecule has 1 unspecified atom stereocenters. The molecule has 5 nitrogen and oxygen atoms in total. The maximum atomic E-state index is 12.0. The number of hydrogen-bond donors (Lipinski definition) is 0. The fraction of sp³-hybridized carbons (Fsp3) is 0.933. The van der Waals surface area contributed by atoms with Crippen LogP contribution >= 0.6 is 0 Å². The molecule has 0 bridgehead atoms. The van der Waals surface area contributed by atoms with Crippen molar-refractivity contribution >= 4 is 5.97 Å². The molecule has 5 heteroatoms. The number of rotatable bonds is 2. The molecular formula is C15H27NO4. The third kappa shape index (κ3) is 4.17. The average molecular weight is 285 g/mol. The van der Waals surface area contributed by atoms with E-state index < -0.39 is 5.60 Å². The first-order chi connectivity index (χ1) is 9.09. The fourth-order valence-corrected chi connectivity index (χ4v) is 3.11. The molecular weight excluding hydrogens is 258 g/mol. The summed E-state index contributed by atoms with van der Waals surface area (Å²) in [7, 11) is 0. The molecule has 0 aromatic rings. The van der Waals surface area contributed by atoms with Crippen LogP contribution in [0.15, 0.2) is 0 Å². The minimum Gasteiger partial charge on any atom is -0.459 e. The number of esters is 1. The number of hydrogen-bond acceptors (Lipinski definition) is 5. The van der Waals surface area contributed by atoms with Crippen molar-refractivity contribution in [1.29, 1.82) is 0 Å². The summed E-state index contributed by atoms with van der Waals surface area (Å²) in [6, 6.07) is 0. The highest BCUT2D eigenvalue weighted by molar-refractivity contribution is 5.72. The Labute approximate surface area is 121 Å². The fourth-order valence-electron chi connectivity index (χ4n) is 3.11. The topological polar surface area (TPSA) is 48.0 Å². The number of ether oxygens (including phenoxy) is 3. The quantitative estimate of drug-likeness (QED) is 0.721. The molecule has 0 radical (unpaired) electrons. The van der Waals surface area contributed by atoms with Crippen molar-refractivity contribution in [2.45, 2.75) is 57.8 Å². The maximum absolute atomic E-state index is 12.0. The highest BCUT2D eigenvalue weighted by Gasteiger charge is 2.47. The Hall–Kier alpha value is -0.650. The van der Waals surface area contributed by atoms with Gasteiger partial charge in [-0.25, -0.2) is 0 Å². The lowest BCUT2D eigenvalue weighted by molar-refractivity contribution is -0.199. The van der Waals surface area contributed by atoms with Gasteiger partial charge in [-0.1, -0.05) is 0 Å². The van der Waals surface area contributed by atoms with Gasteiger partial charge >= 0.3 is 5.97 Å². The van der Waals surface area contributed by atoms with Crippen LogP contribution in [0.2, 0.25) is 0 Å². The molecule has 2 saturated heterocycles. The maximum Gasteiger partial charge on any atom is 0.320 e. The van der Waals surface area contributed by atoms with Crippen LogP contribution in [0.3, 0.4) is 0 Å². The largest absolute Gasteiger partial charge is 0.459 e. The molecule has 1 spiro atoms. The minimum absolute atomic E-state index is 0.177. The molecule has 0 aromatic carbocycles. The number of morpholine rings is 1. The van der Waals surface area contributed by atoms with Crippen molar-refractivity contribution in [2.75, 3.05) is 32.8 Å². The molecule has 2 fully saturated rings. The molecule has 20 heavy (non-hydrogen) atoms. The zero-order valence-electron chi connectivity index (χ0n) is 13.3. The Bertz CT molecular complexity index is 367. The molecule has 116 valence electrons. The van der Waals surface area contributed by atoms with Crippen molar-refractivity contribution in [3.05, 3.63) is 0 Å². The molecule has 2 rings (SSSR count). The molecule has 2 heterocycles. The summed E-state index contributed by atoms with van der Waals surface area (Å²) in [5.74, 6) is -0.177. The van der Waals surface area contributed by atoms with E-state index >= 15 is 0 Å². The molecule has 0 aliphatic carbocycles. The molecule has 0 saturated carbocycles. The van der Waals surface area contributed by atoms with Crippen LogP contribution in [-0.4, -0.2) is 60.5 Å². The van der Waals surface area contributed by atoms with E-state index in [2.05, 4.69) is 18.7 Å². The van der Waals surface area contributed by atoms with Crippen LogP contribution in [0.4, 0.5) is 0 Å². The van der Waals surface area contributed by atoms with E-state index in [1.54, 1.807) is 0 Å². The Balaban J connectivity index is 1.99. The van der Waals surface area contributed by atoms with E-state index in [-0.39, 0.29) is 17.2 Å². The van der Waals surface area contributed by atoms with Crippen molar-refractivity contribution in [1.82, 2.24) is 4.90 Å². The Morgan fingerprint density at radius 3 is 2.55 bits per heavy atom. The highest BCUT2D eigenvalue weighted by atomic mass is 16.6. The summed E-state index contributed by atoms with van der Waals surface area (Å²) in [4.78, 5) is 14.1. The summed E-state index contributed by atoms with van der Waals surface area (Å²) < 4.78 is 17.1. The summed E-state index contributed by atoms with van der Waals surface area (Å²) >= 11 is 0. The van der Waals surface area contributed by atoms with Gasteiger partial charge in [0.1, 0.15) is 11.2 Å². The monoisotopic (exact) mass is 285 g/mol. The lowest BCUT2D eigenvalue weighted by Gasteiger charge is -2.47. The van der Waals surface area contributed by atoms with E-state index in [0.717, 1.165) is 26.1 Å². The van der Waals surface area contributed by atoms with Crippen molar-refractivity contribution in [2.24, 2.45) is 0 Å². The second-order valence-electron chi connectivity index (χ2n) is 7.58. The van der Waals surface area contributed by atoms with Gasteiger partial charge < -0.3 is 14.2 Å². The van der Waals surface area contributed by atoms with Crippen LogP contribution < -0.4 is 0 Å². The van der Waals surface area contributed by atoms with Crippen LogP contribution in [0.5, 0.6) is 0 Å².